The summed E-state index contributed by atoms with van der Waals surface area (Å²) < 4.78 is 0. The van der Waals surface area contributed by atoms with Crippen molar-refractivity contribution in [1.29, 1.82) is 0 Å². The monoisotopic (exact) mass is 487 g/mol. The second kappa shape index (κ2) is 13.3. The molecule has 0 aliphatic carbocycles. The molecule has 0 amide bonds. The molecule has 6 heteroatoms. The molecule has 0 saturated carbocycles. The highest BCUT2D eigenvalue weighted by molar-refractivity contribution is 14.0. The molecule has 1 fully saturated rings. The molecule has 5 nitrogen and oxygen atoms in total. The quantitative estimate of drug-likeness (QED) is 0.256. The van der Waals surface area contributed by atoms with Gasteiger partial charge in [-0.2, -0.15) is 0 Å². The van der Waals surface area contributed by atoms with Gasteiger partial charge >= 0.3 is 0 Å². The molecule has 0 aromatic heterocycles. The van der Waals surface area contributed by atoms with Gasteiger partial charge in [-0.1, -0.05) is 43.2 Å². The van der Waals surface area contributed by atoms with Gasteiger partial charge in [0.1, 0.15) is 0 Å². The van der Waals surface area contributed by atoms with Crippen molar-refractivity contribution in [3.8, 4) is 0 Å². The number of benzene rings is 1. The Kier molecular flexibility index (Phi) is 11.9. The van der Waals surface area contributed by atoms with E-state index in [0.29, 0.717) is 12.6 Å². The maximum atomic E-state index is 4.79. The van der Waals surface area contributed by atoms with Crippen LogP contribution < -0.4 is 10.6 Å². The largest absolute Gasteiger partial charge is 0.356 e. The highest BCUT2D eigenvalue weighted by Crippen LogP contribution is 2.05. The van der Waals surface area contributed by atoms with E-state index in [4.69, 9.17) is 4.99 Å². The lowest BCUT2D eigenvalue weighted by molar-refractivity contribution is 0.120. The van der Waals surface area contributed by atoms with E-state index in [9.17, 15) is 0 Å². The number of halogens is 1. The third kappa shape index (κ3) is 9.25. The number of hydrogen-bond donors (Lipinski definition) is 2. The van der Waals surface area contributed by atoms with Crippen LogP contribution >= 0.6 is 24.0 Å². The van der Waals surface area contributed by atoms with E-state index in [1.165, 1.54) is 24.0 Å². The van der Waals surface area contributed by atoms with Gasteiger partial charge < -0.3 is 15.5 Å². The molecule has 1 aliphatic rings. The van der Waals surface area contributed by atoms with Gasteiger partial charge in [-0.05, 0) is 32.9 Å². The molecule has 0 spiro atoms. The van der Waals surface area contributed by atoms with Gasteiger partial charge in [0, 0.05) is 45.3 Å². The molecular weight excluding hydrogens is 449 g/mol. The van der Waals surface area contributed by atoms with Crippen molar-refractivity contribution in [3.05, 3.63) is 35.4 Å². The van der Waals surface area contributed by atoms with Gasteiger partial charge in [-0.3, -0.25) is 4.90 Å². The predicted octanol–water partition coefficient (Wildman–Crippen LogP) is 3.08. The van der Waals surface area contributed by atoms with Gasteiger partial charge in [0.2, 0.25) is 0 Å². The topological polar surface area (TPSA) is 42.9 Å². The molecular formula is C21H38IN5. The Balaban J connectivity index is 0.00000364. The van der Waals surface area contributed by atoms with Crippen molar-refractivity contribution in [3.63, 3.8) is 0 Å². The van der Waals surface area contributed by atoms with Crippen LogP contribution in [0.1, 0.15) is 37.8 Å². The number of nitrogens with zero attached hydrogens (tertiary/aromatic N) is 3. The zero-order valence-electron chi connectivity index (χ0n) is 17.5. The third-order valence-corrected chi connectivity index (χ3v) is 5.09. The summed E-state index contributed by atoms with van der Waals surface area (Å²) in [7, 11) is 2.20. The van der Waals surface area contributed by atoms with Gasteiger partial charge in [0.15, 0.2) is 5.96 Å². The van der Waals surface area contributed by atoms with E-state index in [-0.39, 0.29) is 24.0 Å². The van der Waals surface area contributed by atoms with E-state index >= 15 is 0 Å². The first kappa shape index (κ1) is 24.2. The minimum atomic E-state index is 0. The first-order valence-electron chi connectivity index (χ1n) is 10.1. The van der Waals surface area contributed by atoms with Gasteiger partial charge in [0.05, 0.1) is 6.54 Å². The molecule has 1 aliphatic heterocycles. The second-order valence-electron chi connectivity index (χ2n) is 7.50. The standard InChI is InChI=1S/C21H37N5.HI/c1-5-6-11-22-21(24-17-20-9-7-18(2)8-10-20)23-16-19(3)26-14-12-25(4)13-15-26;/h7-10,19H,5-6,11-17H2,1-4H3,(H2,22,23,24);1H. The Morgan fingerprint density at radius 1 is 1.11 bits per heavy atom. The average Bonchev–Trinajstić information content (AvgIpc) is 2.65. The van der Waals surface area contributed by atoms with Crippen LogP contribution in [0.2, 0.25) is 0 Å². The maximum absolute atomic E-state index is 4.79. The third-order valence-electron chi connectivity index (χ3n) is 5.09. The van der Waals surface area contributed by atoms with E-state index in [1.54, 1.807) is 0 Å². The van der Waals surface area contributed by atoms with Crippen LogP contribution in [0.4, 0.5) is 0 Å². The number of piperazine rings is 1. The fourth-order valence-electron chi connectivity index (χ4n) is 3.06. The maximum Gasteiger partial charge on any atom is 0.191 e. The van der Waals surface area contributed by atoms with Crippen LogP contribution in [0, 0.1) is 6.92 Å². The highest BCUT2D eigenvalue weighted by atomic mass is 127. The van der Waals surface area contributed by atoms with Crippen molar-refractivity contribution in [2.45, 2.75) is 46.2 Å². The summed E-state index contributed by atoms with van der Waals surface area (Å²) in [6.07, 6.45) is 2.36. The average molecular weight is 487 g/mol. The molecule has 1 heterocycles. The lowest BCUT2D eigenvalue weighted by atomic mass is 10.1. The zero-order valence-corrected chi connectivity index (χ0v) is 19.8. The summed E-state index contributed by atoms with van der Waals surface area (Å²) in [6.45, 7) is 13.9. The lowest BCUT2D eigenvalue weighted by Gasteiger charge is -2.36. The smallest absolute Gasteiger partial charge is 0.191 e. The fraction of sp³-hybridized carbons (Fsp3) is 0.667. The fourth-order valence-corrected chi connectivity index (χ4v) is 3.06. The Bertz CT molecular complexity index is 538. The number of aliphatic imine (C=N–C) groups is 1. The molecule has 2 N–H and O–H groups in total. The summed E-state index contributed by atoms with van der Waals surface area (Å²) >= 11 is 0. The SMILES string of the molecule is CCCCNC(=NCc1ccc(C)cc1)NCC(C)N1CCN(C)CC1.I. The molecule has 0 bridgehead atoms. The van der Waals surface area contributed by atoms with Crippen LogP contribution in [0.3, 0.4) is 0 Å². The second-order valence-corrected chi connectivity index (χ2v) is 7.50. The summed E-state index contributed by atoms with van der Waals surface area (Å²) in [6, 6.07) is 9.14. The molecule has 27 heavy (non-hydrogen) atoms. The number of rotatable bonds is 8. The predicted molar refractivity (Wildman–Crippen MR) is 127 cm³/mol. The number of unbranched alkanes of at least 4 members (excludes halogenated alkanes) is 1. The van der Waals surface area contributed by atoms with Crippen molar-refractivity contribution in [2.75, 3.05) is 46.3 Å². The van der Waals surface area contributed by atoms with Crippen LogP contribution in [-0.4, -0.2) is 68.1 Å². The minimum Gasteiger partial charge on any atom is -0.356 e. The van der Waals surface area contributed by atoms with Crippen LogP contribution in [0.15, 0.2) is 29.3 Å². The molecule has 1 saturated heterocycles. The summed E-state index contributed by atoms with van der Waals surface area (Å²) in [5.74, 6) is 0.931. The molecule has 154 valence electrons. The van der Waals surface area contributed by atoms with E-state index in [1.807, 2.05) is 0 Å². The molecule has 1 aromatic carbocycles. The first-order valence-corrected chi connectivity index (χ1v) is 10.1. The van der Waals surface area contributed by atoms with Crippen molar-refractivity contribution >= 4 is 29.9 Å². The van der Waals surface area contributed by atoms with Crippen LogP contribution in [0.5, 0.6) is 0 Å². The Morgan fingerprint density at radius 3 is 2.41 bits per heavy atom. The lowest BCUT2D eigenvalue weighted by Crippen LogP contribution is -2.52. The number of likely N-dealkylation sites (N-methyl/N-ethyl adjacent to an activating group) is 1. The van der Waals surface area contributed by atoms with E-state index in [2.05, 4.69) is 72.5 Å². The van der Waals surface area contributed by atoms with Crippen LogP contribution in [0.25, 0.3) is 0 Å². The number of guanidine groups is 1. The summed E-state index contributed by atoms with van der Waals surface area (Å²) in [5, 5.41) is 7.03. The molecule has 0 radical (unpaired) electrons. The van der Waals surface area contributed by atoms with Gasteiger partial charge in [0.25, 0.3) is 0 Å². The molecule has 1 unspecified atom stereocenters. The number of nitrogens with one attached hydrogen (secondary N) is 2. The molecule has 1 aromatic rings. The highest BCUT2D eigenvalue weighted by Gasteiger charge is 2.19. The van der Waals surface area contributed by atoms with Crippen molar-refractivity contribution < 1.29 is 0 Å². The molecule has 1 atom stereocenters. The Morgan fingerprint density at radius 2 is 1.78 bits per heavy atom. The zero-order chi connectivity index (χ0) is 18.8. The number of aryl methyl sites for hydroxylation is 1. The van der Waals surface area contributed by atoms with Crippen LogP contribution in [-0.2, 0) is 6.54 Å². The summed E-state index contributed by atoms with van der Waals surface area (Å²) in [4.78, 5) is 9.76. The van der Waals surface area contributed by atoms with E-state index < -0.39 is 0 Å². The molecule has 2 rings (SSSR count). The van der Waals surface area contributed by atoms with Gasteiger partial charge in [-0.15, -0.1) is 24.0 Å². The Labute approximate surface area is 183 Å². The van der Waals surface area contributed by atoms with Crippen molar-refractivity contribution in [1.82, 2.24) is 20.4 Å². The Hall–Kier alpha value is -0.860. The number of hydrogen-bond acceptors (Lipinski definition) is 3. The van der Waals surface area contributed by atoms with Crippen molar-refractivity contribution in [2.24, 2.45) is 4.99 Å². The van der Waals surface area contributed by atoms with E-state index in [0.717, 1.165) is 45.2 Å². The van der Waals surface area contributed by atoms with Gasteiger partial charge in [-0.25, -0.2) is 4.99 Å². The minimum absolute atomic E-state index is 0. The summed E-state index contributed by atoms with van der Waals surface area (Å²) in [5.41, 5.74) is 2.54. The first-order chi connectivity index (χ1) is 12.6. The normalized spacial score (nSPS) is 17.3.